The van der Waals surface area contributed by atoms with Gasteiger partial charge in [0, 0.05) is 18.0 Å². The molecule has 19 heavy (non-hydrogen) atoms. The number of hydrogen-bond donors (Lipinski definition) is 2. The van der Waals surface area contributed by atoms with Gasteiger partial charge in [-0.3, -0.25) is 4.79 Å². The second-order valence-corrected chi connectivity index (χ2v) is 3.94. The average Bonchev–Trinajstić information content (AvgIpc) is 2.42. The number of benzene rings is 1. The normalized spacial score (nSPS) is 11.8. The van der Waals surface area contributed by atoms with Gasteiger partial charge < -0.3 is 25.3 Å². The topological polar surface area (TPSA) is 82.8 Å². The van der Waals surface area contributed by atoms with E-state index in [9.17, 15) is 4.79 Å². The van der Waals surface area contributed by atoms with E-state index in [1.807, 2.05) is 6.07 Å². The van der Waals surface area contributed by atoms with Crippen molar-refractivity contribution in [1.82, 2.24) is 5.32 Å². The molecule has 0 fully saturated rings. The molecule has 0 saturated heterocycles. The van der Waals surface area contributed by atoms with Crippen molar-refractivity contribution in [2.45, 2.75) is 12.5 Å². The Morgan fingerprint density at radius 2 is 1.84 bits per heavy atom. The SMILES string of the molecule is CNC(CC(N)=O)c1ccc(OC)c(OC)c1OC. The quantitative estimate of drug-likeness (QED) is 0.766. The Hall–Kier alpha value is -1.95. The molecular weight excluding hydrogens is 248 g/mol. The molecule has 0 spiro atoms. The summed E-state index contributed by atoms with van der Waals surface area (Å²) in [5.74, 6) is 1.20. The van der Waals surface area contributed by atoms with Gasteiger partial charge in [0.05, 0.1) is 21.3 Å². The van der Waals surface area contributed by atoms with E-state index in [0.29, 0.717) is 17.2 Å². The minimum Gasteiger partial charge on any atom is -0.493 e. The Balaban J connectivity index is 3.29. The first-order valence-electron chi connectivity index (χ1n) is 5.83. The fourth-order valence-electron chi connectivity index (χ4n) is 1.97. The molecule has 1 rings (SSSR count). The number of amides is 1. The summed E-state index contributed by atoms with van der Waals surface area (Å²) >= 11 is 0. The van der Waals surface area contributed by atoms with Crippen LogP contribution in [0.3, 0.4) is 0 Å². The van der Waals surface area contributed by atoms with Gasteiger partial charge >= 0.3 is 0 Å². The maximum absolute atomic E-state index is 11.1. The molecule has 1 amide bonds. The van der Waals surface area contributed by atoms with Crippen LogP contribution in [-0.2, 0) is 4.79 Å². The Morgan fingerprint density at radius 1 is 1.21 bits per heavy atom. The van der Waals surface area contributed by atoms with Crippen LogP contribution in [0, 0.1) is 0 Å². The summed E-state index contributed by atoms with van der Waals surface area (Å²) in [6, 6.07) is 3.35. The van der Waals surface area contributed by atoms with Crippen LogP contribution in [-0.4, -0.2) is 34.3 Å². The Bertz CT molecular complexity index is 449. The van der Waals surface area contributed by atoms with Crippen LogP contribution in [0.1, 0.15) is 18.0 Å². The molecule has 1 atom stereocenters. The molecule has 0 aliphatic rings. The molecule has 0 aliphatic carbocycles. The molecule has 0 bridgehead atoms. The highest BCUT2D eigenvalue weighted by atomic mass is 16.5. The molecule has 0 heterocycles. The summed E-state index contributed by atoms with van der Waals surface area (Å²) in [5, 5.41) is 3.04. The number of nitrogens with two attached hydrogens (primary N) is 1. The first-order chi connectivity index (χ1) is 9.08. The highest BCUT2D eigenvalue weighted by Crippen LogP contribution is 2.42. The van der Waals surface area contributed by atoms with Crippen molar-refractivity contribution < 1.29 is 19.0 Å². The zero-order valence-electron chi connectivity index (χ0n) is 11.6. The summed E-state index contributed by atoms with van der Waals surface area (Å²) in [5.41, 5.74) is 6.04. The molecule has 1 aromatic carbocycles. The molecule has 3 N–H and O–H groups in total. The number of hydrogen-bond acceptors (Lipinski definition) is 5. The van der Waals surface area contributed by atoms with Crippen molar-refractivity contribution in [3.63, 3.8) is 0 Å². The van der Waals surface area contributed by atoms with Gasteiger partial charge in [0.25, 0.3) is 0 Å². The average molecular weight is 268 g/mol. The fourth-order valence-corrected chi connectivity index (χ4v) is 1.97. The first-order valence-corrected chi connectivity index (χ1v) is 5.83. The van der Waals surface area contributed by atoms with Crippen molar-refractivity contribution in [2.24, 2.45) is 5.73 Å². The second kappa shape index (κ2) is 6.84. The maximum Gasteiger partial charge on any atom is 0.219 e. The molecular formula is C13H20N2O4. The van der Waals surface area contributed by atoms with Gasteiger partial charge in [0.15, 0.2) is 11.5 Å². The fraction of sp³-hybridized carbons (Fsp3) is 0.462. The predicted molar refractivity (Wildman–Crippen MR) is 71.7 cm³/mol. The largest absolute Gasteiger partial charge is 0.493 e. The Morgan fingerprint density at radius 3 is 2.26 bits per heavy atom. The Labute approximate surface area is 112 Å². The van der Waals surface area contributed by atoms with Crippen molar-refractivity contribution in [1.29, 1.82) is 0 Å². The first kappa shape index (κ1) is 15.1. The second-order valence-electron chi connectivity index (χ2n) is 3.94. The van der Waals surface area contributed by atoms with Gasteiger partial charge in [0.2, 0.25) is 11.7 Å². The van der Waals surface area contributed by atoms with E-state index >= 15 is 0 Å². The van der Waals surface area contributed by atoms with E-state index in [1.54, 1.807) is 20.2 Å². The van der Waals surface area contributed by atoms with Crippen molar-refractivity contribution >= 4 is 5.91 Å². The summed E-state index contributed by atoms with van der Waals surface area (Å²) in [6.45, 7) is 0. The third-order valence-corrected chi connectivity index (χ3v) is 2.86. The highest BCUT2D eigenvalue weighted by Gasteiger charge is 2.22. The summed E-state index contributed by atoms with van der Waals surface area (Å²) < 4.78 is 15.9. The van der Waals surface area contributed by atoms with Crippen molar-refractivity contribution in [3.05, 3.63) is 17.7 Å². The third kappa shape index (κ3) is 3.29. The number of primary amides is 1. The number of carbonyl (C=O) groups excluding carboxylic acids is 1. The zero-order chi connectivity index (χ0) is 14.4. The van der Waals surface area contributed by atoms with Crippen molar-refractivity contribution in [2.75, 3.05) is 28.4 Å². The number of ether oxygens (including phenoxy) is 3. The molecule has 6 heteroatoms. The monoisotopic (exact) mass is 268 g/mol. The summed E-state index contributed by atoms with van der Waals surface area (Å²) in [6.07, 6.45) is 0.169. The highest BCUT2D eigenvalue weighted by molar-refractivity contribution is 5.75. The molecule has 106 valence electrons. The van der Waals surface area contributed by atoms with Crippen molar-refractivity contribution in [3.8, 4) is 17.2 Å². The van der Waals surface area contributed by atoms with E-state index in [1.165, 1.54) is 14.2 Å². The molecule has 0 aliphatic heterocycles. The van der Waals surface area contributed by atoms with Gasteiger partial charge in [-0.05, 0) is 19.2 Å². The van der Waals surface area contributed by atoms with Crippen LogP contribution in [0.4, 0.5) is 0 Å². The van der Waals surface area contributed by atoms with Gasteiger partial charge in [0.1, 0.15) is 0 Å². The van der Waals surface area contributed by atoms with Crippen LogP contribution in [0.2, 0.25) is 0 Å². The lowest BCUT2D eigenvalue weighted by molar-refractivity contribution is -0.118. The molecule has 0 aromatic heterocycles. The van der Waals surface area contributed by atoms with E-state index in [-0.39, 0.29) is 12.5 Å². The predicted octanol–water partition coefficient (Wildman–Crippen LogP) is 0.848. The van der Waals surface area contributed by atoms with Crippen LogP contribution in [0.25, 0.3) is 0 Å². The molecule has 1 unspecified atom stereocenters. The lowest BCUT2D eigenvalue weighted by Crippen LogP contribution is -2.24. The summed E-state index contributed by atoms with van der Waals surface area (Å²) in [4.78, 5) is 11.1. The smallest absolute Gasteiger partial charge is 0.219 e. The number of carbonyl (C=O) groups is 1. The van der Waals surface area contributed by atoms with Crippen LogP contribution < -0.4 is 25.3 Å². The standard InChI is InChI=1S/C13H20N2O4/c1-15-9(7-11(14)16)8-5-6-10(17-2)13(19-4)12(8)18-3/h5-6,9,15H,7H2,1-4H3,(H2,14,16). The lowest BCUT2D eigenvalue weighted by atomic mass is 10.0. The molecule has 0 radical (unpaired) electrons. The number of methoxy groups -OCH3 is 3. The summed E-state index contributed by atoms with van der Waals surface area (Å²) in [7, 11) is 6.38. The van der Waals surface area contributed by atoms with Crippen LogP contribution in [0.15, 0.2) is 12.1 Å². The molecule has 0 saturated carbocycles. The van der Waals surface area contributed by atoms with Crippen LogP contribution in [0.5, 0.6) is 17.2 Å². The minimum absolute atomic E-state index is 0.169. The molecule has 6 nitrogen and oxygen atoms in total. The zero-order valence-corrected chi connectivity index (χ0v) is 11.6. The van der Waals surface area contributed by atoms with Gasteiger partial charge in [-0.2, -0.15) is 0 Å². The maximum atomic E-state index is 11.1. The number of nitrogens with one attached hydrogen (secondary N) is 1. The van der Waals surface area contributed by atoms with E-state index in [4.69, 9.17) is 19.9 Å². The van der Waals surface area contributed by atoms with E-state index in [2.05, 4.69) is 5.32 Å². The molecule has 1 aromatic rings. The van der Waals surface area contributed by atoms with E-state index < -0.39 is 5.91 Å². The van der Waals surface area contributed by atoms with Crippen LogP contribution >= 0.6 is 0 Å². The number of rotatable bonds is 7. The minimum atomic E-state index is -0.392. The van der Waals surface area contributed by atoms with Gasteiger partial charge in [-0.1, -0.05) is 0 Å². The van der Waals surface area contributed by atoms with E-state index in [0.717, 1.165) is 5.56 Å². The lowest BCUT2D eigenvalue weighted by Gasteiger charge is -2.21. The third-order valence-electron chi connectivity index (χ3n) is 2.86. The van der Waals surface area contributed by atoms with Gasteiger partial charge in [-0.15, -0.1) is 0 Å². The Kier molecular flexibility index (Phi) is 5.44. The van der Waals surface area contributed by atoms with Gasteiger partial charge in [-0.25, -0.2) is 0 Å².